The maximum Gasteiger partial charge on any atom is 0.246 e. The molecule has 0 aromatic carbocycles. The monoisotopic (exact) mass is 244 g/mol. The van der Waals surface area contributed by atoms with Crippen LogP contribution in [0.25, 0.3) is 11.4 Å². The molecule has 0 bridgehead atoms. The molecule has 0 aliphatic carbocycles. The van der Waals surface area contributed by atoms with Crippen molar-refractivity contribution in [3.63, 3.8) is 0 Å². The van der Waals surface area contributed by atoms with Crippen LogP contribution in [0.2, 0.25) is 0 Å². The van der Waals surface area contributed by atoms with Gasteiger partial charge < -0.3 is 9.94 Å². The molecule has 0 fully saturated rings. The van der Waals surface area contributed by atoms with Gasteiger partial charge in [0.25, 0.3) is 0 Å². The molecular weight excluding hydrogens is 228 g/mol. The Morgan fingerprint density at radius 1 is 1.28 bits per heavy atom. The molecule has 4 heteroatoms. The predicted molar refractivity (Wildman–Crippen MR) is 69.3 cm³/mol. The van der Waals surface area contributed by atoms with Gasteiger partial charge in [0, 0.05) is 18.7 Å². The summed E-state index contributed by atoms with van der Waals surface area (Å²) in [4.78, 5) is 4.37. The van der Waals surface area contributed by atoms with Gasteiger partial charge in [0.15, 0.2) is 5.69 Å². The molecular formula is C14H16N2O2. The molecule has 4 nitrogen and oxygen atoms in total. The van der Waals surface area contributed by atoms with Gasteiger partial charge in [0.1, 0.15) is 11.4 Å². The van der Waals surface area contributed by atoms with Gasteiger partial charge in [-0.05, 0) is 26.0 Å². The molecule has 0 saturated carbocycles. The number of nitrogens with zero attached hydrogens (tertiary/aromatic N) is 2. The lowest BCUT2D eigenvalue weighted by molar-refractivity contribution is -0.600. The number of hydrogen-bond donors (Lipinski definition) is 0. The van der Waals surface area contributed by atoms with Crippen LogP contribution in [0.15, 0.2) is 30.3 Å². The molecule has 2 aromatic rings. The van der Waals surface area contributed by atoms with Gasteiger partial charge in [-0.3, -0.25) is 0 Å². The van der Waals surface area contributed by atoms with Crippen LogP contribution in [0, 0.1) is 19.1 Å². The number of pyridine rings is 2. The van der Waals surface area contributed by atoms with Crippen molar-refractivity contribution >= 4 is 0 Å². The fraction of sp³-hybridized carbons (Fsp3) is 0.286. The van der Waals surface area contributed by atoms with Crippen molar-refractivity contribution in [2.75, 3.05) is 6.61 Å². The van der Waals surface area contributed by atoms with Gasteiger partial charge in [0.05, 0.1) is 12.7 Å². The predicted octanol–water partition coefficient (Wildman–Crippen LogP) is 2.40. The van der Waals surface area contributed by atoms with E-state index in [1.165, 1.54) is 0 Å². The Bertz CT molecular complexity index is 568. The smallest absolute Gasteiger partial charge is 0.246 e. The zero-order valence-electron chi connectivity index (χ0n) is 10.8. The summed E-state index contributed by atoms with van der Waals surface area (Å²) in [7, 11) is 0. The molecule has 2 aromatic heterocycles. The first-order valence-electron chi connectivity index (χ1n) is 5.93. The van der Waals surface area contributed by atoms with Crippen LogP contribution in [0.5, 0.6) is 5.75 Å². The summed E-state index contributed by atoms with van der Waals surface area (Å²) in [5.41, 5.74) is 2.66. The lowest BCUT2D eigenvalue weighted by atomic mass is 10.2. The molecule has 2 heterocycles. The highest BCUT2D eigenvalue weighted by molar-refractivity contribution is 5.53. The molecule has 2 rings (SSSR count). The second kappa shape index (κ2) is 5.04. The van der Waals surface area contributed by atoms with Gasteiger partial charge in [-0.2, -0.15) is 4.73 Å². The molecule has 0 saturated heterocycles. The van der Waals surface area contributed by atoms with Gasteiger partial charge in [0.2, 0.25) is 5.69 Å². The van der Waals surface area contributed by atoms with Crippen molar-refractivity contribution in [1.82, 2.24) is 4.98 Å². The summed E-state index contributed by atoms with van der Waals surface area (Å²) in [5.74, 6) is 0.695. The Hall–Kier alpha value is -2.10. The van der Waals surface area contributed by atoms with Crippen LogP contribution in [0.3, 0.4) is 0 Å². The van der Waals surface area contributed by atoms with Crippen molar-refractivity contribution < 1.29 is 9.47 Å². The van der Waals surface area contributed by atoms with Gasteiger partial charge in [-0.15, -0.1) is 0 Å². The highest BCUT2D eigenvalue weighted by Gasteiger charge is 2.15. The van der Waals surface area contributed by atoms with Crippen LogP contribution >= 0.6 is 0 Å². The van der Waals surface area contributed by atoms with E-state index in [-0.39, 0.29) is 0 Å². The summed E-state index contributed by atoms with van der Waals surface area (Å²) in [6, 6.07) is 9.07. The molecule has 0 unspecified atom stereocenters. The first-order chi connectivity index (χ1) is 8.61. The summed E-state index contributed by atoms with van der Waals surface area (Å²) in [6.07, 6.45) is 0. The van der Waals surface area contributed by atoms with E-state index in [1.807, 2.05) is 32.0 Å². The normalized spacial score (nSPS) is 10.4. The summed E-state index contributed by atoms with van der Waals surface area (Å²) in [6.45, 7) is 6.15. The molecule has 0 amide bonds. The Morgan fingerprint density at radius 3 is 2.72 bits per heavy atom. The Kier molecular flexibility index (Phi) is 3.46. The van der Waals surface area contributed by atoms with E-state index >= 15 is 0 Å². The van der Waals surface area contributed by atoms with Crippen molar-refractivity contribution in [2.45, 2.75) is 20.8 Å². The lowest BCUT2D eigenvalue weighted by Crippen LogP contribution is -2.33. The van der Waals surface area contributed by atoms with Crippen molar-refractivity contribution in [2.24, 2.45) is 0 Å². The lowest BCUT2D eigenvalue weighted by Gasteiger charge is -2.10. The number of rotatable bonds is 3. The van der Waals surface area contributed by atoms with E-state index in [4.69, 9.17) is 4.74 Å². The molecule has 18 heavy (non-hydrogen) atoms. The van der Waals surface area contributed by atoms with E-state index in [0.717, 1.165) is 10.4 Å². The first-order valence-corrected chi connectivity index (χ1v) is 5.93. The Labute approximate surface area is 106 Å². The van der Waals surface area contributed by atoms with E-state index in [2.05, 4.69) is 4.98 Å². The molecule has 0 aliphatic rings. The molecule has 0 aliphatic heterocycles. The van der Waals surface area contributed by atoms with Crippen LogP contribution in [-0.4, -0.2) is 11.6 Å². The zero-order chi connectivity index (χ0) is 13.1. The third-order valence-corrected chi connectivity index (χ3v) is 2.63. The minimum Gasteiger partial charge on any atom is -0.618 e. The number of hydrogen-bond acceptors (Lipinski definition) is 3. The largest absolute Gasteiger partial charge is 0.618 e. The molecule has 94 valence electrons. The number of aryl methyl sites for hydroxylation is 2. The second-order valence-corrected chi connectivity index (χ2v) is 4.11. The summed E-state index contributed by atoms with van der Waals surface area (Å²) in [5, 5.41) is 12.1. The molecule has 0 N–H and O–H groups in total. The van der Waals surface area contributed by atoms with Gasteiger partial charge >= 0.3 is 0 Å². The number of aromatic nitrogens is 2. The second-order valence-electron chi connectivity index (χ2n) is 4.11. The molecule has 0 radical (unpaired) electrons. The topological polar surface area (TPSA) is 49.1 Å². The maximum atomic E-state index is 12.1. The quantitative estimate of drug-likeness (QED) is 0.615. The molecule has 0 atom stereocenters. The SMILES string of the molecule is CCOc1cc(C)[n+]([O-])c(-c2cccc(C)n2)c1. The average Bonchev–Trinajstić information content (AvgIpc) is 2.34. The Balaban J connectivity index is 2.55. The van der Waals surface area contributed by atoms with Crippen LogP contribution in [0.1, 0.15) is 18.3 Å². The third-order valence-electron chi connectivity index (χ3n) is 2.63. The first kappa shape index (κ1) is 12.4. The number of ether oxygens (including phenoxy) is 1. The van der Waals surface area contributed by atoms with Crippen LogP contribution in [0.4, 0.5) is 0 Å². The van der Waals surface area contributed by atoms with Crippen LogP contribution < -0.4 is 9.47 Å². The minimum atomic E-state index is 0.516. The maximum absolute atomic E-state index is 12.1. The highest BCUT2D eigenvalue weighted by Crippen LogP contribution is 2.20. The van der Waals surface area contributed by atoms with Gasteiger partial charge in [-0.25, -0.2) is 4.98 Å². The summed E-state index contributed by atoms with van der Waals surface area (Å²) >= 11 is 0. The van der Waals surface area contributed by atoms with E-state index < -0.39 is 0 Å². The highest BCUT2D eigenvalue weighted by atomic mass is 16.5. The fourth-order valence-electron chi connectivity index (χ4n) is 1.80. The summed E-state index contributed by atoms with van der Waals surface area (Å²) < 4.78 is 6.33. The Morgan fingerprint density at radius 2 is 2.06 bits per heavy atom. The standard InChI is InChI=1S/C14H16N2O2/c1-4-18-12-8-11(3)16(17)14(9-12)13-7-5-6-10(2)15-13/h5-9H,4H2,1-3H3. The van der Waals surface area contributed by atoms with Crippen molar-refractivity contribution in [3.8, 4) is 17.1 Å². The fourth-order valence-corrected chi connectivity index (χ4v) is 1.80. The van der Waals surface area contributed by atoms with Crippen molar-refractivity contribution in [1.29, 1.82) is 0 Å². The van der Waals surface area contributed by atoms with Gasteiger partial charge in [-0.1, -0.05) is 6.07 Å². The van der Waals surface area contributed by atoms with E-state index in [1.54, 1.807) is 19.1 Å². The van der Waals surface area contributed by atoms with E-state index in [0.29, 0.717) is 29.4 Å². The average molecular weight is 244 g/mol. The van der Waals surface area contributed by atoms with Crippen molar-refractivity contribution in [3.05, 3.63) is 46.9 Å². The van der Waals surface area contributed by atoms with Crippen LogP contribution in [-0.2, 0) is 0 Å². The molecule has 0 spiro atoms. The van der Waals surface area contributed by atoms with E-state index in [9.17, 15) is 5.21 Å². The zero-order valence-corrected chi connectivity index (χ0v) is 10.8. The third kappa shape index (κ3) is 2.42. The minimum absolute atomic E-state index is 0.516.